The number of amides is 2. The van der Waals surface area contributed by atoms with E-state index >= 15 is 0 Å². The van der Waals surface area contributed by atoms with Gasteiger partial charge in [0.1, 0.15) is 6.04 Å². The van der Waals surface area contributed by atoms with Crippen molar-refractivity contribution in [3.8, 4) is 0 Å². The molecule has 26 heavy (non-hydrogen) atoms. The van der Waals surface area contributed by atoms with Gasteiger partial charge in [-0.3, -0.25) is 4.79 Å². The van der Waals surface area contributed by atoms with Crippen molar-refractivity contribution in [2.45, 2.75) is 52.0 Å². The Bertz CT molecular complexity index is 648. The van der Waals surface area contributed by atoms with Crippen LogP contribution in [0.25, 0.3) is 0 Å². The molecule has 0 saturated carbocycles. The van der Waals surface area contributed by atoms with Gasteiger partial charge in [-0.2, -0.15) is 9.28 Å². The lowest BCUT2D eigenvalue weighted by molar-refractivity contribution is -0.794. The van der Waals surface area contributed by atoms with Gasteiger partial charge in [-0.05, 0) is 31.7 Å². The van der Waals surface area contributed by atoms with Crippen molar-refractivity contribution in [3.63, 3.8) is 0 Å². The maximum Gasteiger partial charge on any atom is 0.521 e. The first-order valence-electron chi connectivity index (χ1n) is 9.18. The molecular formula is C20H28NO4S+. The Morgan fingerprint density at radius 3 is 2.54 bits per heavy atom. The average molecular weight is 379 g/mol. The molecule has 1 aromatic carbocycles. The number of rotatable bonds is 7. The van der Waals surface area contributed by atoms with Crippen LogP contribution in [0.4, 0.5) is 4.79 Å². The normalized spacial score (nSPS) is 25.2. The summed E-state index contributed by atoms with van der Waals surface area (Å²) in [6, 6.07) is 10.0. The van der Waals surface area contributed by atoms with Crippen LogP contribution < -0.4 is 0 Å². The topological polar surface area (TPSA) is 71.4 Å². The van der Waals surface area contributed by atoms with Crippen LogP contribution in [0, 0.1) is 5.92 Å². The van der Waals surface area contributed by atoms with E-state index in [9.17, 15) is 19.5 Å². The van der Waals surface area contributed by atoms with Gasteiger partial charge in [0.05, 0.1) is 13.0 Å². The molecule has 0 spiro atoms. The maximum atomic E-state index is 12.7. The summed E-state index contributed by atoms with van der Waals surface area (Å²) in [7, 11) is 0. The molecule has 1 aliphatic rings. The first kappa shape index (κ1) is 20.6. The van der Waals surface area contributed by atoms with Crippen molar-refractivity contribution in [1.29, 1.82) is 0 Å². The van der Waals surface area contributed by atoms with Gasteiger partial charge in [0.25, 0.3) is 0 Å². The maximum absolute atomic E-state index is 12.7. The van der Waals surface area contributed by atoms with Crippen LogP contribution in [-0.4, -0.2) is 45.0 Å². The van der Waals surface area contributed by atoms with Crippen molar-refractivity contribution in [3.05, 3.63) is 35.9 Å². The number of benzene rings is 1. The number of hydrogen-bond acceptors (Lipinski definition) is 4. The van der Waals surface area contributed by atoms with Crippen molar-refractivity contribution in [1.82, 2.24) is 0 Å². The van der Waals surface area contributed by atoms with E-state index in [0.29, 0.717) is 12.3 Å². The average Bonchev–Trinajstić information content (AvgIpc) is 2.93. The second kappa shape index (κ2) is 9.33. The molecule has 1 fully saturated rings. The minimum absolute atomic E-state index is 0.0482. The molecule has 1 N–H and O–H groups in total. The largest absolute Gasteiger partial charge is 0.521 e. The molecule has 0 radical (unpaired) electrons. The number of imide groups is 1. The van der Waals surface area contributed by atoms with Crippen LogP contribution in [0.2, 0.25) is 0 Å². The van der Waals surface area contributed by atoms with E-state index in [1.807, 2.05) is 25.1 Å². The second-order valence-electron chi connectivity index (χ2n) is 7.15. The Morgan fingerprint density at radius 1 is 1.23 bits per heavy atom. The van der Waals surface area contributed by atoms with Gasteiger partial charge in [0.2, 0.25) is 0 Å². The van der Waals surface area contributed by atoms with Crippen molar-refractivity contribution in [2.75, 3.05) is 12.3 Å². The standard InChI is InChI=1S/C20H27NO4S/c1-15-13-18(10-6-9-17-7-4-3-5-8-17)14-21(15,20(24)25)19(23)11-12-26-16(2)22/h3-5,7-8,15,18H,6,9-14H2,1-2H3/p+1/t15?,18-,21?/m0/s1. The second-order valence-corrected chi connectivity index (χ2v) is 8.42. The van der Waals surface area contributed by atoms with Gasteiger partial charge < -0.3 is 5.11 Å². The van der Waals surface area contributed by atoms with E-state index in [4.69, 9.17) is 0 Å². The number of thioether (sulfide) groups is 1. The molecule has 0 bridgehead atoms. The number of carbonyl (C=O) groups is 3. The van der Waals surface area contributed by atoms with E-state index < -0.39 is 10.6 Å². The molecule has 2 unspecified atom stereocenters. The fourth-order valence-corrected chi connectivity index (χ4v) is 4.54. The lowest BCUT2D eigenvalue weighted by atomic mass is 9.97. The first-order valence-corrected chi connectivity index (χ1v) is 10.2. The Morgan fingerprint density at radius 2 is 1.92 bits per heavy atom. The van der Waals surface area contributed by atoms with Crippen LogP contribution in [0.3, 0.4) is 0 Å². The smallest absolute Gasteiger partial charge is 0.435 e. The molecule has 2 amide bonds. The Labute approximate surface area is 159 Å². The third kappa shape index (κ3) is 4.95. The number of hydrogen-bond donors (Lipinski definition) is 1. The van der Waals surface area contributed by atoms with Gasteiger partial charge >= 0.3 is 12.0 Å². The van der Waals surface area contributed by atoms with Gasteiger partial charge in [0, 0.05) is 25.0 Å². The molecule has 0 aliphatic carbocycles. The monoisotopic (exact) mass is 378 g/mol. The zero-order valence-corrected chi connectivity index (χ0v) is 16.3. The van der Waals surface area contributed by atoms with E-state index in [0.717, 1.165) is 37.4 Å². The van der Waals surface area contributed by atoms with Crippen LogP contribution in [0.15, 0.2) is 30.3 Å². The fourth-order valence-electron chi connectivity index (χ4n) is 3.98. The number of likely N-dealkylation sites (tertiary alicyclic amines) is 1. The van der Waals surface area contributed by atoms with Crippen molar-refractivity contribution < 1.29 is 24.0 Å². The van der Waals surface area contributed by atoms with E-state index in [2.05, 4.69) is 12.1 Å². The highest BCUT2D eigenvalue weighted by molar-refractivity contribution is 8.13. The Kier molecular flexibility index (Phi) is 7.41. The zero-order valence-electron chi connectivity index (χ0n) is 15.5. The third-order valence-corrected chi connectivity index (χ3v) is 6.12. The minimum atomic E-state index is -1.05. The summed E-state index contributed by atoms with van der Waals surface area (Å²) in [6.45, 7) is 3.69. The summed E-state index contributed by atoms with van der Waals surface area (Å²) in [6.07, 6.45) is 2.73. The molecule has 5 nitrogen and oxygen atoms in total. The van der Waals surface area contributed by atoms with E-state index in [-0.39, 0.29) is 29.4 Å². The van der Waals surface area contributed by atoms with Crippen LogP contribution in [0.5, 0.6) is 0 Å². The highest BCUT2D eigenvalue weighted by Gasteiger charge is 2.55. The molecular weight excluding hydrogens is 350 g/mol. The summed E-state index contributed by atoms with van der Waals surface area (Å²) in [5.74, 6) is 0.325. The van der Waals surface area contributed by atoms with E-state index in [1.165, 1.54) is 12.5 Å². The lowest BCUT2D eigenvalue weighted by Crippen LogP contribution is -2.58. The Hall–Kier alpha value is -1.66. The number of aryl methyl sites for hydroxylation is 1. The summed E-state index contributed by atoms with van der Waals surface area (Å²) in [5, 5.41) is 9.76. The van der Waals surface area contributed by atoms with Gasteiger partial charge in [-0.1, -0.05) is 42.1 Å². The molecule has 2 rings (SSSR count). The zero-order chi connectivity index (χ0) is 19.2. The van der Waals surface area contributed by atoms with E-state index in [1.54, 1.807) is 0 Å². The van der Waals surface area contributed by atoms with Crippen molar-refractivity contribution in [2.24, 2.45) is 5.92 Å². The quantitative estimate of drug-likeness (QED) is 0.723. The summed E-state index contributed by atoms with van der Waals surface area (Å²) in [4.78, 5) is 35.7. The van der Waals surface area contributed by atoms with Crippen LogP contribution in [0.1, 0.15) is 45.1 Å². The molecule has 1 aromatic rings. The highest BCUT2D eigenvalue weighted by Crippen LogP contribution is 2.35. The first-order chi connectivity index (χ1) is 12.4. The van der Waals surface area contributed by atoms with Crippen molar-refractivity contribution >= 4 is 28.9 Å². The molecule has 1 aliphatic heterocycles. The number of carboxylic acid groups (broad SMARTS) is 1. The molecule has 1 saturated heterocycles. The number of nitrogens with zero attached hydrogens (tertiary/aromatic N) is 1. The predicted octanol–water partition coefficient (Wildman–Crippen LogP) is 4.11. The van der Waals surface area contributed by atoms with Gasteiger partial charge in [0.15, 0.2) is 5.12 Å². The number of carbonyl (C=O) groups excluding carboxylic acids is 2. The van der Waals surface area contributed by atoms with Gasteiger partial charge in [-0.25, -0.2) is 4.79 Å². The summed E-state index contributed by atoms with van der Waals surface area (Å²) < 4.78 is -0.478. The Balaban J connectivity index is 1.94. The molecule has 1 heterocycles. The number of quaternary nitrogens is 1. The minimum Gasteiger partial charge on any atom is -0.435 e. The van der Waals surface area contributed by atoms with Crippen LogP contribution in [-0.2, 0) is 16.0 Å². The highest BCUT2D eigenvalue weighted by atomic mass is 32.2. The molecule has 142 valence electrons. The summed E-state index contributed by atoms with van der Waals surface area (Å²) in [5.41, 5.74) is 1.29. The fraction of sp³-hybridized carbons (Fsp3) is 0.550. The third-order valence-electron chi connectivity index (χ3n) is 5.30. The SMILES string of the molecule is CC(=O)SCCC(=O)[N+]1(C(=O)O)C[C@@H](CCCc2ccccc2)CC1C. The summed E-state index contributed by atoms with van der Waals surface area (Å²) >= 11 is 1.08. The van der Waals surface area contributed by atoms with Crippen LogP contribution >= 0.6 is 11.8 Å². The molecule has 0 aromatic heterocycles. The molecule has 3 atom stereocenters. The van der Waals surface area contributed by atoms with Gasteiger partial charge in [-0.15, -0.1) is 0 Å². The molecule has 6 heteroatoms. The predicted molar refractivity (Wildman–Crippen MR) is 103 cm³/mol. The lowest BCUT2D eigenvalue weighted by Gasteiger charge is -2.29.